The zero-order chi connectivity index (χ0) is 13.8. The van der Waals surface area contributed by atoms with Gasteiger partial charge in [0, 0.05) is 36.0 Å². The molecule has 2 rings (SSSR count). The highest BCUT2D eigenvalue weighted by Gasteiger charge is 2.19. The predicted molar refractivity (Wildman–Crippen MR) is 76.2 cm³/mol. The van der Waals surface area contributed by atoms with Gasteiger partial charge in [-0.15, -0.1) is 0 Å². The predicted octanol–water partition coefficient (Wildman–Crippen LogP) is 2.05. The van der Waals surface area contributed by atoms with Crippen LogP contribution < -0.4 is 10.6 Å². The lowest BCUT2D eigenvalue weighted by molar-refractivity contribution is 0.0821. The van der Waals surface area contributed by atoms with Crippen LogP contribution in [0.1, 0.15) is 18.9 Å². The Balaban J connectivity index is 2.37. The molecule has 1 aromatic carbocycles. The Labute approximate surface area is 117 Å². The molecule has 0 bridgehead atoms. The Morgan fingerprint density at radius 3 is 3.11 bits per heavy atom. The van der Waals surface area contributed by atoms with Gasteiger partial charge < -0.3 is 20.6 Å². The third kappa shape index (κ3) is 3.30. The molecular formula is C13H18ClN3O2. The molecule has 1 saturated heterocycles. The summed E-state index contributed by atoms with van der Waals surface area (Å²) >= 11 is 5.98. The normalized spacial score (nSPS) is 21.3. The van der Waals surface area contributed by atoms with Crippen LogP contribution in [0.5, 0.6) is 0 Å². The molecule has 0 aliphatic carbocycles. The van der Waals surface area contributed by atoms with Gasteiger partial charge in [0.05, 0.1) is 6.10 Å². The Morgan fingerprint density at radius 1 is 1.58 bits per heavy atom. The van der Waals surface area contributed by atoms with Crippen LogP contribution in [0, 0.1) is 0 Å². The number of benzene rings is 1. The highest BCUT2D eigenvalue weighted by molar-refractivity contribution is 6.31. The first-order valence-corrected chi connectivity index (χ1v) is 6.63. The summed E-state index contributed by atoms with van der Waals surface area (Å²) in [6.45, 7) is 4.44. The smallest absolute Gasteiger partial charge is 0.172 e. The number of oxime groups is 1. The van der Waals surface area contributed by atoms with Crippen molar-refractivity contribution in [2.24, 2.45) is 10.9 Å². The average molecular weight is 284 g/mol. The quantitative estimate of drug-likeness (QED) is 0.377. The van der Waals surface area contributed by atoms with Crippen molar-refractivity contribution in [3.8, 4) is 0 Å². The minimum Gasteiger partial charge on any atom is -0.409 e. The molecule has 1 aliphatic heterocycles. The van der Waals surface area contributed by atoms with Crippen LogP contribution in [-0.4, -0.2) is 36.8 Å². The van der Waals surface area contributed by atoms with Gasteiger partial charge >= 0.3 is 0 Å². The first-order chi connectivity index (χ1) is 9.11. The second-order valence-electron chi connectivity index (χ2n) is 4.63. The lowest BCUT2D eigenvalue weighted by Gasteiger charge is -2.26. The fraction of sp³-hybridized carbons (Fsp3) is 0.462. The van der Waals surface area contributed by atoms with Gasteiger partial charge in [-0.1, -0.05) is 16.8 Å². The maximum absolute atomic E-state index is 8.89. The number of amidine groups is 1. The fourth-order valence-corrected chi connectivity index (χ4v) is 2.43. The highest BCUT2D eigenvalue weighted by Crippen LogP contribution is 2.26. The number of halogens is 1. The number of hydrogen-bond acceptors (Lipinski definition) is 4. The molecule has 0 radical (unpaired) electrons. The number of ether oxygens (including phenoxy) is 1. The molecule has 1 atom stereocenters. The van der Waals surface area contributed by atoms with E-state index in [1.807, 2.05) is 19.1 Å². The van der Waals surface area contributed by atoms with Crippen molar-refractivity contribution in [2.75, 3.05) is 24.6 Å². The second kappa shape index (κ2) is 6.12. The van der Waals surface area contributed by atoms with Crippen LogP contribution in [0.2, 0.25) is 5.02 Å². The van der Waals surface area contributed by atoms with Gasteiger partial charge in [0.15, 0.2) is 5.84 Å². The zero-order valence-electron chi connectivity index (χ0n) is 10.8. The standard InChI is InChI=1S/C13H18ClN3O2/c1-9-8-17(5-2-6-19-9)12-4-3-10(14)7-11(12)13(15)16-18/h3-4,7,9,18H,2,5-6,8H2,1H3,(H2,15,16). The molecule has 1 aromatic rings. The molecule has 6 heteroatoms. The van der Waals surface area contributed by atoms with Crippen LogP contribution >= 0.6 is 11.6 Å². The Kier molecular flexibility index (Phi) is 4.50. The van der Waals surface area contributed by atoms with Crippen molar-refractivity contribution in [2.45, 2.75) is 19.4 Å². The summed E-state index contributed by atoms with van der Waals surface area (Å²) in [5.41, 5.74) is 7.28. The van der Waals surface area contributed by atoms with Crippen LogP contribution in [0.3, 0.4) is 0 Å². The summed E-state index contributed by atoms with van der Waals surface area (Å²) in [7, 11) is 0. The molecule has 5 nitrogen and oxygen atoms in total. The number of rotatable bonds is 2. The SMILES string of the molecule is CC1CN(c2ccc(Cl)cc2C(N)=NO)CCCO1. The van der Waals surface area contributed by atoms with E-state index in [1.165, 1.54) is 0 Å². The van der Waals surface area contributed by atoms with E-state index in [0.29, 0.717) is 10.6 Å². The number of nitrogens with two attached hydrogens (primary N) is 1. The van der Waals surface area contributed by atoms with Crippen molar-refractivity contribution >= 4 is 23.1 Å². The molecule has 3 N–H and O–H groups in total. The Morgan fingerprint density at radius 2 is 2.37 bits per heavy atom. The van der Waals surface area contributed by atoms with Gasteiger partial charge in [-0.3, -0.25) is 0 Å². The third-order valence-corrected chi connectivity index (χ3v) is 3.37. The van der Waals surface area contributed by atoms with Crippen molar-refractivity contribution in [1.82, 2.24) is 0 Å². The Hall–Kier alpha value is -1.46. The minimum absolute atomic E-state index is 0.0651. The molecule has 0 amide bonds. The first-order valence-electron chi connectivity index (χ1n) is 6.26. The molecular weight excluding hydrogens is 266 g/mol. The van der Waals surface area contributed by atoms with Gasteiger partial charge in [-0.05, 0) is 31.5 Å². The molecule has 0 spiro atoms. The van der Waals surface area contributed by atoms with Crippen LogP contribution in [0.25, 0.3) is 0 Å². The molecule has 19 heavy (non-hydrogen) atoms. The largest absolute Gasteiger partial charge is 0.409 e. The number of hydrogen-bond donors (Lipinski definition) is 2. The van der Waals surface area contributed by atoms with Crippen LogP contribution in [0.4, 0.5) is 5.69 Å². The van der Waals surface area contributed by atoms with Gasteiger partial charge in [0.2, 0.25) is 0 Å². The molecule has 104 valence electrons. The topological polar surface area (TPSA) is 71.1 Å². The summed E-state index contributed by atoms with van der Waals surface area (Å²) in [5.74, 6) is 0.0651. The minimum atomic E-state index is 0.0651. The lowest BCUT2D eigenvalue weighted by atomic mass is 10.1. The Bertz CT molecular complexity index is 479. The van der Waals surface area contributed by atoms with E-state index in [1.54, 1.807) is 6.07 Å². The molecule has 1 unspecified atom stereocenters. The molecule has 0 saturated carbocycles. The van der Waals surface area contributed by atoms with Crippen molar-refractivity contribution in [3.05, 3.63) is 28.8 Å². The summed E-state index contributed by atoms with van der Waals surface area (Å²) in [5, 5.41) is 12.5. The fourth-order valence-electron chi connectivity index (χ4n) is 2.26. The van der Waals surface area contributed by atoms with E-state index < -0.39 is 0 Å². The highest BCUT2D eigenvalue weighted by atomic mass is 35.5. The van der Waals surface area contributed by atoms with Gasteiger partial charge in [-0.2, -0.15) is 0 Å². The average Bonchev–Trinajstić information content (AvgIpc) is 2.62. The van der Waals surface area contributed by atoms with Gasteiger partial charge in [-0.25, -0.2) is 0 Å². The maximum atomic E-state index is 8.89. The van der Waals surface area contributed by atoms with Gasteiger partial charge in [0.25, 0.3) is 0 Å². The number of nitrogens with zero attached hydrogens (tertiary/aromatic N) is 2. The van der Waals surface area contributed by atoms with E-state index in [2.05, 4.69) is 10.1 Å². The zero-order valence-corrected chi connectivity index (χ0v) is 11.6. The van der Waals surface area contributed by atoms with Crippen molar-refractivity contribution in [3.63, 3.8) is 0 Å². The monoisotopic (exact) mass is 283 g/mol. The number of anilines is 1. The van der Waals surface area contributed by atoms with E-state index >= 15 is 0 Å². The maximum Gasteiger partial charge on any atom is 0.172 e. The van der Waals surface area contributed by atoms with E-state index in [4.69, 9.17) is 27.3 Å². The van der Waals surface area contributed by atoms with E-state index in [9.17, 15) is 0 Å². The second-order valence-corrected chi connectivity index (χ2v) is 5.06. The molecule has 1 fully saturated rings. The third-order valence-electron chi connectivity index (χ3n) is 3.14. The van der Waals surface area contributed by atoms with E-state index in [-0.39, 0.29) is 11.9 Å². The molecule has 1 heterocycles. The first kappa shape index (κ1) is 14.0. The van der Waals surface area contributed by atoms with Gasteiger partial charge in [0.1, 0.15) is 0 Å². The molecule has 0 aromatic heterocycles. The van der Waals surface area contributed by atoms with Crippen molar-refractivity contribution < 1.29 is 9.94 Å². The summed E-state index contributed by atoms with van der Waals surface area (Å²) in [6, 6.07) is 5.41. The summed E-state index contributed by atoms with van der Waals surface area (Å²) < 4.78 is 5.63. The summed E-state index contributed by atoms with van der Waals surface area (Å²) in [4.78, 5) is 2.18. The summed E-state index contributed by atoms with van der Waals surface area (Å²) in [6.07, 6.45) is 1.10. The molecule has 1 aliphatic rings. The van der Waals surface area contributed by atoms with Crippen molar-refractivity contribution in [1.29, 1.82) is 0 Å². The van der Waals surface area contributed by atoms with Crippen LogP contribution in [-0.2, 0) is 4.74 Å². The van der Waals surface area contributed by atoms with E-state index in [0.717, 1.165) is 31.8 Å². The van der Waals surface area contributed by atoms with Crippen LogP contribution in [0.15, 0.2) is 23.4 Å². The lowest BCUT2D eigenvalue weighted by Crippen LogP contribution is -2.32.